The Morgan fingerprint density at radius 3 is 1.39 bits per heavy atom. The van der Waals surface area contributed by atoms with Crippen molar-refractivity contribution in [2.24, 2.45) is 0 Å². The number of benzene rings is 7. The molecule has 0 radical (unpaired) electrons. The lowest BCUT2D eigenvalue weighted by Crippen LogP contribution is -2.62. The first-order valence-electron chi connectivity index (χ1n) is 22.7. The second-order valence-electron chi connectivity index (χ2n) is 20.7. The zero-order valence-electron chi connectivity index (χ0n) is 38.6. The van der Waals surface area contributed by atoms with Gasteiger partial charge in [-0.25, -0.2) is 0 Å². The lowest BCUT2D eigenvalue weighted by atomic mass is 9.33. The molecule has 0 N–H and O–H groups in total. The summed E-state index contributed by atoms with van der Waals surface area (Å²) < 4.78 is 0. The zero-order chi connectivity index (χ0) is 43.5. The van der Waals surface area contributed by atoms with Gasteiger partial charge in [0.1, 0.15) is 0 Å². The van der Waals surface area contributed by atoms with Crippen LogP contribution in [-0.2, 0) is 16.2 Å². The van der Waals surface area contributed by atoms with Crippen LogP contribution in [0.3, 0.4) is 0 Å². The lowest BCUT2D eigenvalue weighted by molar-refractivity contribution is 0.332. The molecule has 3 nitrogen and oxygen atoms in total. The molecule has 2 aliphatic heterocycles. The number of anilines is 9. The molecule has 0 unspecified atom stereocenters. The maximum atomic E-state index is 2.68. The molecule has 10 rings (SSSR count). The second kappa shape index (κ2) is 14.3. The molecular weight excluding hydrogens is 749 g/mol. The molecule has 2 heterocycles. The average molecular weight is 810 g/mol. The van der Waals surface area contributed by atoms with Gasteiger partial charge in [0.2, 0.25) is 0 Å². The highest BCUT2D eigenvalue weighted by molar-refractivity contribution is 7.00. The van der Waals surface area contributed by atoms with Crippen LogP contribution in [0.1, 0.15) is 100 Å². The fourth-order valence-corrected chi connectivity index (χ4v) is 11.0. The number of hydrogen-bond acceptors (Lipinski definition) is 3. The summed E-state index contributed by atoms with van der Waals surface area (Å²) in [6, 6.07) is 52.9. The first kappa shape index (κ1) is 40.1. The molecule has 0 saturated heterocycles. The molecule has 310 valence electrons. The third kappa shape index (κ3) is 6.23. The van der Waals surface area contributed by atoms with E-state index in [0.29, 0.717) is 0 Å². The first-order valence-corrected chi connectivity index (χ1v) is 22.7. The Morgan fingerprint density at radius 1 is 0.468 bits per heavy atom. The third-order valence-corrected chi connectivity index (χ3v) is 14.5. The molecule has 3 aliphatic rings. The Bertz CT molecular complexity index is 2820. The summed E-state index contributed by atoms with van der Waals surface area (Å²) in [5.41, 5.74) is 24.6. The van der Waals surface area contributed by atoms with Gasteiger partial charge in [-0.05, 0) is 167 Å². The van der Waals surface area contributed by atoms with Gasteiger partial charge in [-0.15, -0.1) is 0 Å². The number of fused-ring (bicyclic) bond motifs is 5. The van der Waals surface area contributed by atoms with E-state index in [9.17, 15) is 0 Å². The minimum atomic E-state index is -0.110. The molecule has 4 heteroatoms. The Hall–Kier alpha value is -6.00. The Labute approximate surface area is 371 Å². The van der Waals surface area contributed by atoms with Crippen molar-refractivity contribution < 1.29 is 0 Å². The molecule has 7 aromatic carbocycles. The van der Waals surface area contributed by atoms with Gasteiger partial charge in [0.05, 0.1) is 11.4 Å². The van der Waals surface area contributed by atoms with Gasteiger partial charge in [-0.3, -0.25) is 0 Å². The highest BCUT2D eigenvalue weighted by atomic mass is 15.2. The van der Waals surface area contributed by atoms with E-state index in [2.05, 4.69) is 230 Å². The van der Waals surface area contributed by atoms with E-state index in [0.717, 1.165) is 17.1 Å². The quantitative estimate of drug-likeness (QED) is 0.160. The van der Waals surface area contributed by atoms with Gasteiger partial charge in [0, 0.05) is 39.8 Å². The smallest absolute Gasteiger partial charge is 0.252 e. The summed E-state index contributed by atoms with van der Waals surface area (Å²) >= 11 is 0. The molecule has 7 aromatic rings. The zero-order valence-corrected chi connectivity index (χ0v) is 38.6. The van der Waals surface area contributed by atoms with Crippen LogP contribution >= 0.6 is 0 Å². The van der Waals surface area contributed by atoms with Crippen molar-refractivity contribution in [3.05, 3.63) is 178 Å². The van der Waals surface area contributed by atoms with Crippen LogP contribution < -0.4 is 31.1 Å². The van der Waals surface area contributed by atoms with Crippen LogP contribution in [0.15, 0.2) is 140 Å². The van der Waals surface area contributed by atoms with Crippen LogP contribution in [0.25, 0.3) is 0 Å². The number of rotatable bonds is 5. The fourth-order valence-electron chi connectivity index (χ4n) is 11.0. The van der Waals surface area contributed by atoms with E-state index in [1.54, 1.807) is 0 Å². The monoisotopic (exact) mass is 809 g/mol. The molecule has 1 aliphatic carbocycles. The standard InChI is InChI=1S/C58H60BN3/c1-37-20-18-21-38(2)54(37)61-49-34-44(60(42-24-14-12-15-25-42)43-26-16-13-17-27-43)28-29-47(49)59-48-35-45-46(58(10,11)31-30-57(45,8)9)36-50(48)62(55-39(3)22-19-23-40(55)4)52-33-41(56(5,6)7)32-51(61)53(52)59/h12-29,32-36H,30-31H2,1-11H3. The highest BCUT2D eigenvalue weighted by Gasteiger charge is 2.47. The maximum absolute atomic E-state index is 2.68. The molecule has 0 fully saturated rings. The fraction of sp³-hybridized carbons (Fsp3) is 0.276. The van der Waals surface area contributed by atoms with Crippen LogP contribution in [0, 0.1) is 27.7 Å². The Morgan fingerprint density at radius 2 is 0.919 bits per heavy atom. The van der Waals surface area contributed by atoms with Crippen LogP contribution in [0.2, 0.25) is 0 Å². The van der Waals surface area contributed by atoms with E-state index < -0.39 is 0 Å². The van der Waals surface area contributed by atoms with Crippen molar-refractivity contribution in [2.45, 2.75) is 105 Å². The summed E-state index contributed by atoms with van der Waals surface area (Å²) in [6.45, 7) is 26.2. The molecular formula is C58H60BN3. The van der Waals surface area contributed by atoms with E-state index >= 15 is 0 Å². The summed E-state index contributed by atoms with van der Waals surface area (Å²) in [6.07, 6.45) is 2.34. The normalized spacial score (nSPS) is 15.7. The van der Waals surface area contributed by atoms with Crippen LogP contribution in [-0.4, -0.2) is 6.71 Å². The summed E-state index contributed by atoms with van der Waals surface area (Å²) in [5, 5.41) is 0. The van der Waals surface area contributed by atoms with Gasteiger partial charge in [-0.2, -0.15) is 0 Å². The summed E-state index contributed by atoms with van der Waals surface area (Å²) in [5.74, 6) is 0. The molecule has 0 aromatic heterocycles. The van der Waals surface area contributed by atoms with Crippen molar-refractivity contribution in [3.63, 3.8) is 0 Å². The van der Waals surface area contributed by atoms with E-state index in [-0.39, 0.29) is 23.0 Å². The van der Waals surface area contributed by atoms with E-state index in [1.807, 2.05) is 0 Å². The van der Waals surface area contributed by atoms with Crippen molar-refractivity contribution in [1.82, 2.24) is 0 Å². The minimum Gasteiger partial charge on any atom is -0.311 e. The van der Waals surface area contributed by atoms with Crippen molar-refractivity contribution >= 4 is 74.3 Å². The van der Waals surface area contributed by atoms with Crippen LogP contribution in [0.4, 0.5) is 51.2 Å². The van der Waals surface area contributed by atoms with Gasteiger partial charge in [0.25, 0.3) is 6.71 Å². The SMILES string of the molecule is Cc1cccc(C)c1N1c2cc(N(c3ccccc3)c3ccccc3)ccc2B2c3cc4c(cc3N(c3c(C)cccc3C)c3cc(C(C)(C)C)cc1c32)C(C)(C)CCC4(C)C. The van der Waals surface area contributed by atoms with Gasteiger partial charge < -0.3 is 14.7 Å². The van der Waals surface area contributed by atoms with Crippen LogP contribution in [0.5, 0.6) is 0 Å². The molecule has 0 bridgehead atoms. The lowest BCUT2D eigenvalue weighted by Gasteiger charge is -2.48. The Kier molecular flexibility index (Phi) is 9.23. The van der Waals surface area contributed by atoms with Crippen molar-refractivity contribution in [1.29, 1.82) is 0 Å². The van der Waals surface area contributed by atoms with Gasteiger partial charge >= 0.3 is 0 Å². The molecule has 62 heavy (non-hydrogen) atoms. The number of aryl methyl sites for hydroxylation is 4. The van der Waals surface area contributed by atoms with Gasteiger partial charge in [0.15, 0.2) is 0 Å². The average Bonchev–Trinajstić information content (AvgIpc) is 3.24. The van der Waals surface area contributed by atoms with Crippen molar-refractivity contribution in [2.75, 3.05) is 14.7 Å². The number of para-hydroxylation sites is 4. The maximum Gasteiger partial charge on any atom is 0.252 e. The largest absolute Gasteiger partial charge is 0.311 e. The predicted octanol–water partition coefficient (Wildman–Crippen LogP) is 14.1. The van der Waals surface area contributed by atoms with E-state index in [4.69, 9.17) is 0 Å². The van der Waals surface area contributed by atoms with E-state index in [1.165, 1.54) is 102 Å². The first-order chi connectivity index (χ1) is 29.5. The molecule has 0 amide bonds. The number of nitrogens with zero attached hydrogens (tertiary/aromatic N) is 3. The highest BCUT2D eigenvalue weighted by Crippen LogP contribution is 2.52. The minimum absolute atomic E-state index is 0.0160. The Balaban J connectivity index is 1.36. The topological polar surface area (TPSA) is 9.72 Å². The molecule has 0 atom stereocenters. The molecule has 0 saturated carbocycles. The van der Waals surface area contributed by atoms with Gasteiger partial charge in [-0.1, -0.05) is 133 Å². The number of hydrogen-bond donors (Lipinski definition) is 0. The van der Waals surface area contributed by atoms with Crippen molar-refractivity contribution in [3.8, 4) is 0 Å². The summed E-state index contributed by atoms with van der Waals surface area (Å²) in [7, 11) is 0. The predicted molar refractivity (Wildman–Crippen MR) is 268 cm³/mol. The molecule has 0 spiro atoms. The third-order valence-electron chi connectivity index (χ3n) is 14.5. The summed E-state index contributed by atoms with van der Waals surface area (Å²) in [4.78, 5) is 7.73. The second-order valence-corrected chi connectivity index (χ2v) is 20.7.